The molecule has 0 amide bonds. The van der Waals surface area contributed by atoms with E-state index in [1.165, 1.54) is 37.9 Å². The van der Waals surface area contributed by atoms with Gasteiger partial charge in [0, 0.05) is 5.02 Å². The highest BCUT2D eigenvalue weighted by atomic mass is 35.5. The first-order valence-electron chi connectivity index (χ1n) is 6.22. The van der Waals surface area contributed by atoms with Gasteiger partial charge in [0.25, 0.3) is 0 Å². The highest BCUT2D eigenvalue weighted by Crippen LogP contribution is 2.31. The first-order chi connectivity index (χ1) is 7.77. The van der Waals surface area contributed by atoms with Crippen LogP contribution in [0.5, 0.6) is 0 Å². The van der Waals surface area contributed by atoms with Crippen LogP contribution in [-0.2, 0) is 0 Å². The Hall–Kier alpha value is -0.530. The maximum atomic E-state index is 6.22. The highest BCUT2D eigenvalue weighted by molar-refractivity contribution is 6.31. The standard InChI is InChI=1S/C14H20ClN/c1-11(10-12-6-8-16-9-7-12)13-4-2-3-5-14(13)15/h2-5,11-12,16H,6-10H2,1H3. The third-order valence-corrected chi connectivity index (χ3v) is 3.93. The van der Waals surface area contributed by atoms with Gasteiger partial charge in [-0.3, -0.25) is 0 Å². The number of hydrogen-bond donors (Lipinski definition) is 1. The van der Waals surface area contributed by atoms with Crippen molar-refractivity contribution >= 4 is 11.6 Å². The molecule has 0 spiro atoms. The second-order valence-corrected chi connectivity index (χ2v) is 5.26. The van der Waals surface area contributed by atoms with Crippen LogP contribution in [0.15, 0.2) is 24.3 Å². The van der Waals surface area contributed by atoms with Crippen LogP contribution in [0.1, 0.15) is 37.7 Å². The Labute approximate surface area is 103 Å². The summed E-state index contributed by atoms with van der Waals surface area (Å²) in [6.45, 7) is 4.66. The molecule has 1 nitrogen and oxygen atoms in total. The van der Waals surface area contributed by atoms with E-state index in [-0.39, 0.29) is 0 Å². The fraction of sp³-hybridized carbons (Fsp3) is 0.571. The van der Waals surface area contributed by atoms with E-state index in [0.29, 0.717) is 5.92 Å². The summed E-state index contributed by atoms with van der Waals surface area (Å²) >= 11 is 6.22. The average Bonchev–Trinajstić information content (AvgIpc) is 2.31. The third kappa shape index (κ3) is 2.99. The third-order valence-electron chi connectivity index (χ3n) is 3.58. The van der Waals surface area contributed by atoms with Crippen molar-refractivity contribution < 1.29 is 0 Å². The van der Waals surface area contributed by atoms with Crippen molar-refractivity contribution in [3.05, 3.63) is 34.9 Å². The van der Waals surface area contributed by atoms with Crippen LogP contribution in [0.2, 0.25) is 5.02 Å². The Morgan fingerprint density at radius 1 is 1.31 bits per heavy atom. The molecular weight excluding hydrogens is 218 g/mol. The molecule has 1 saturated heterocycles. The molecule has 2 heteroatoms. The van der Waals surface area contributed by atoms with Crippen molar-refractivity contribution in [2.75, 3.05) is 13.1 Å². The van der Waals surface area contributed by atoms with E-state index >= 15 is 0 Å². The lowest BCUT2D eigenvalue weighted by molar-refractivity contribution is 0.337. The van der Waals surface area contributed by atoms with E-state index in [1.54, 1.807) is 0 Å². The van der Waals surface area contributed by atoms with Crippen molar-refractivity contribution in [3.63, 3.8) is 0 Å². The van der Waals surface area contributed by atoms with E-state index in [0.717, 1.165) is 10.9 Å². The molecule has 0 aromatic heterocycles. The number of nitrogens with one attached hydrogen (secondary N) is 1. The molecule has 0 aliphatic carbocycles. The van der Waals surface area contributed by atoms with Gasteiger partial charge in [0.15, 0.2) is 0 Å². The Morgan fingerprint density at radius 3 is 2.69 bits per heavy atom. The van der Waals surface area contributed by atoms with Gasteiger partial charge in [-0.2, -0.15) is 0 Å². The van der Waals surface area contributed by atoms with Crippen LogP contribution in [0.25, 0.3) is 0 Å². The lowest BCUT2D eigenvalue weighted by Crippen LogP contribution is -2.28. The highest BCUT2D eigenvalue weighted by Gasteiger charge is 2.18. The van der Waals surface area contributed by atoms with Gasteiger partial charge < -0.3 is 5.32 Å². The fourth-order valence-corrected chi connectivity index (χ4v) is 2.94. The van der Waals surface area contributed by atoms with Crippen LogP contribution >= 0.6 is 11.6 Å². The second kappa shape index (κ2) is 5.70. The molecule has 16 heavy (non-hydrogen) atoms. The minimum atomic E-state index is 0.580. The first kappa shape index (κ1) is 11.9. The van der Waals surface area contributed by atoms with E-state index in [4.69, 9.17) is 11.6 Å². The average molecular weight is 238 g/mol. The Kier molecular flexibility index (Phi) is 4.25. The minimum Gasteiger partial charge on any atom is -0.317 e. The number of benzene rings is 1. The second-order valence-electron chi connectivity index (χ2n) is 4.85. The quantitative estimate of drug-likeness (QED) is 0.843. The van der Waals surface area contributed by atoms with Crippen molar-refractivity contribution in [1.82, 2.24) is 5.32 Å². The molecular formula is C14H20ClN. The maximum absolute atomic E-state index is 6.22. The van der Waals surface area contributed by atoms with Crippen LogP contribution in [-0.4, -0.2) is 13.1 Å². The van der Waals surface area contributed by atoms with Crippen molar-refractivity contribution in [1.29, 1.82) is 0 Å². The molecule has 1 N–H and O–H groups in total. The molecule has 1 aromatic carbocycles. The number of halogens is 1. The zero-order valence-electron chi connectivity index (χ0n) is 9.88. The maximum Gasteiger partial charge on any atom is 0.0440 e. The van der Waals surface area contributed by atoms with Gasteiger partial charge in [0.05, 0.1) is 0 Å². The summed E-state index contributed by atoms with van der Waals surface area (Å²) in [5.41, 5.74) is 1.31. The monoisotopic (exact) mass is 237 g/mol. The van der Waals surface area contributed by atoms with E-state index in [9.17, 15) is 0 Å². The Balaban J connectivity index is 1.96. The molecule has 1 unspecified atom stereocenters. The normalized spacial score (nSPS) is 19.6. The summed E-state index contributed by atoms with van der Waals surface area (Å²) in [5.74, 6) is 1.45. The van der Waals surface area contributed by atoms with E-state index in [2.05, 4.69) is 24.4 Å². The summed E-state index contributed by atoms with van der Waals surface area (Å²) in [4.78, 5) is 0. The summed E-state index contributed by atoms with van der Waals surface area (Å²) in [5, 5.41) is 4.33. The molecule has 1 aromatic rings. The first-order valence-corrected chi connectivity index (χ1v) is 6.60. The summed E-state index contributed by atoms with van der Waals surface area (Å²) in [7, 11) is 0. The molecule has 1 heterocycles. The van der Waals surface area contributed by atoms with Gasteiger partial charge in [-0.1, -0.05) is 36.7 Å². The van der Waals surface area contributed by atoms with Crippen molar-refractivity contribution in [3.8, 4) is 0 Å². The van der Waals surface area contributed by atoms with Crippen LogP contribution in [0.3, 0.4) is 0 Å². The van der Waals surface area contributed by atoms with E-state index < -0.39 is 0 Å². The molecule has 0 bridgehead atoms. The van der Waals surface area contributed by atoms with Crippen LogP contribution in [0, 0.1) is 5.92 Å². The largest absolute Gasteiger partial charge is 0.317 e. The van der Waals surface area contributed by atoms with Gasteiger partial charge in [-0.15, -0.1) is 0 Å². The van der Waals surface area contributed by atoms with Gasteiger partial charge in [-0.25, -0.2) is 0 Å². The Morgan fingerprint density at radius 2 is 2.00 bits per heavy atom. The van der Waals surface area contributed by atoms with Crippen molar-refractivity contribution in [2.45, 2.75) is 32.1 Å². The molecule has 1 fully saturated rings. The Bertz CT molecular complexity index is 331. The number of hydrogen-bond acceptors (Lipinski definition) is 1. The summed E-state index contributed by atoms with van der Waals surface area (Å²) < 4.78 is 0. The molecule has 1 aliphatic heterocycles. The summed E-state index contributed by atoms with van der Waals surface area (Å²) in [6, 6.07) is 8.24. The number of piperidine rings is 1. The van der Waals surface area contributed by atoms with Gasteiger partial charge >= 0.3 is 0 Å². The zero-order chi connectivity index (χ0) is 11.4. The van der Waals surface area contributed by atoms with E-state index in [1.807, 2.05) is 12.1 Å². The summed E-state index contributed by atoms with van der Waals surface area (Å²) in [6.07, 6.45) is 3.90. The predicted molar refractivity (Wildman–Crippen MR) is 70.1 cm³/mol. The van der Waals surface area contributed by atoms with Gasteiger partial charge in [0.1, 0.15) is 0 Å². The van der Waals surface area contributed by atoms with Crippen LogP contribution < -0.4 is 5.32 Å². The van der Waals surface area contributed by atoms with Gasteiger partial charge in [-0.05, 0) is 55.8 Å². The molecule has 88 valence electrons. The molecule has 0 radical (unpaired) electrons. The topological polar surface area (TPSA) is 12.0 Å². The van der Waals surface area contributed by atoms with Gasteiger partial charge in [0.2, 0.25) is 0 Å². The predicted octanol–water partition coefficient (Wildman–Crippen LogP) is 3.83. The minimum absolute atomic E-state index is 0.580. The van der Waals surface area contributed by atoms with Crippen molar-refractivity contribution in [2.24, 2.45) is 5.92 Å². The smallest absolute Gasteiger partial charge is 0.0440 e. The lowest BCUT2D eigenvalue weighted by atomic mass is 9.85. The molecule has 2 rings (SSSR count). The molecule has 0 saturated carbocycles. The number of rotatable bonds is 3. The molecule has 1 aliphatic rings. The van der Waals surface area contributed by atoms with Crippen LogP contribution in [0.4, 0.5) is 0 Å². The molecule has 1 atom stereocenters. The fourth-order valence-electron chi connectivity index (χ4n) is 2.62. The lowest BCUT2D eigenvalue weighted by Gasteiger charge is -2.25. The SMILES string of the molecule is CC(CC1CCNCC1)c1ccccc1Cl. The zero-order valence-corrected chi connectivity index (χ0v) is 10.6.